The number of aromatic hydroxyl groups is 1. The van der Waals surface area contributed by atoms with E-state index in [0.29, 0.717) is 5.69 Å². The second-order valence-electron chi connectivity index (χ2n) is 4.00. The zero-order valence-electron chi connectivity index (χ0n) is 10.1. The minimum absolute atomic E-state index is 0.162. The van der Waals surface area contributed by atoms with Crippen LogP contribution in [-0.4, -0.2) is 18.1 Å². The molecule has 0 aromatic heterocycles. The molecule has 0 radical (unpaired) electrons. The van der Waals surface area contributed by atoms with Gasteiger partial charge in [0, 0.05) is 18.8 Å². The molecule has 0 bridgehead atoms. The van der Waals surface area contributed by atoms with Crippen molar-refractivity contribution < 1.29 is 18.7 Å². The third-order valence-corrected chi connectivity index (χ3v) is 2.70. The van der Waals surface area contributed by atoms with Gasteiger partial charge in [-0.15, -0.1) is 0 Å². The number of nitrogens with zero attached hydrogens (tertiary/aromatic N) is 1. The lowest BCUT2D eigenvalue weighted by atomic mass is 10.1. The molecule has 0 aliphatic carbocycles. The molecule has 0 unspecified atom stereocenters. The molecule has 2 rings (SSSR count). The Balaban J connectivity index is 2.30. The molecule has 0 saturated carbocycles. The van der Waals surface area contributed by atoms with E-state index in [1.165, 1.54) is 48.3 Å². The minimum atomic E-state index is -0.807. The topological polar surface area (TPSA) is 40.5 Å². The van der Waals surface area contributed by atoms with Crippen LogP contribution in [0.4, 0.5) is 14.5 Å². The van der Waals surface area contributed by atoms with Gasteiger partial charge in [-0.05, 0) is 36.4 Å². The first-order chi connectivity index (χ1) is 8.99. The first-order valence-corrected chi connectivity index (χ1v) is 5.51. The second-order valence-corrected chi connectivity index (χ2v) is 4.00. The monoisotopic (exact) mass is 263 g/mol. The first kappa shape index (κ1) is 13.0. The molecule has 1 N–H and O–H groups in total. The van der Waals surface area contributed by atoms with Crippen molar-refractivity contribution in [2.24, 2.45) is 0 Å². The fourth-order valence-electron chi connectivity index (χ4n) is 1.64. The van der Waals surface area contributed by atoms with Crippen LogP contribution in [0.15, 0.2) is 42.5 Å². The Labute approximate surface area is 108 Å². The molecular formula is C14H11F2NO2. The second kappa shape index (κ2) is 5.06. The molecule has 1 amide bonds. The van der Waals surface area contributed by atoms with E-state index in [-0.39, 0.29) is 11.3 Å². The van der Waals surface area contributed by atoms with Crippen molar-refractivity contribution in [2.45, 2.75) is 0 Å². The number of phenols is 1. The van der Waals surface area contributed by atoms with E-state index in [2.05, 4.69) is 0 Å². The highest BCUT2D eigenvalue weighted by Gasteiger charge is 2.17. The van der Waals surface area contributed by atoms with E-state index < -0.39 is 17.5 Å². The minimum Gasteiger partial charge on any atom is -0.508 e. The summed E-state index contributed by atoms with van der Waals surface area (Å²) in [4.78, 5) is 13.3. The molecule has 0 aliphatic heterocycles. The van der Waals surface area contributed by atoms with Crippen LogP contribution in [0.25, 0.3) is 0 Å². The molecule has 0 fully saturated rings. The molecule has 0 aliphatic rings. The van der Waals surface area contributed by atoms with Gasteiger partial charge in [0.15, 0.2) is 0 Å². The number of hydrogen-bond donors (Lipinski definition) is 1. The Hall–Kier alpha value is -2.43. The SMILES string of the molecule is CN(C(=O)c1ccc(O)cc1F)c1ccc(F)cc1. The van der Waals surface area contributed by atoms with E-state index in [0.717, 1.165) is 6.07 Å². The van der Waals surface area contributed by atoms with Crippen LogP contribution in [0.2, 0.25) is 0 Å². The largest absolute Gasteiger partial charge is 0.508 e. The summed E-state index contributed by atoms with van der Waals surface area (Å²) in [6.45, 7) is 0. The molecule has 0 spiro atoms. The van der Waals surface area contributed by atoms with Crippen molar-refractivity contribution in [1.29, 1.82) is 0 Å². The van der Waals surface area contributed by atoms with E-state index in [1.807, 2.05) is 0 Å². The van der Waals surface area contributed by atoms with Crippen LogP contribution in [0.5, 0.6) is 5.75 Å². The van der Waals surface area contributed by atoms with Crippen LogP contribution in [0.3, 0.4) is 0 Å². The van der Waals surface area contributed by atoms with Gasteiger partial charge in [0.1, 0.15) is 17.4 Å². The fourth-order valence-corrected chi connectivity index (χ4v) is 1.64. The van der Waals surface area contributed by atoms with Crippen LogP contribution >= 0.6 is 0 Å². The zero-order chi connectivity index (χ0) is 14.0. The highest BCUT2D eigenvalue weighted by Crippen LogP contribution is 2.20. The zero-order valence-corrected chi connectivity index (χ0v) is 10.1. The standard InChI is InChI=1S/C14H11F2NO2/c1-17(10-4-2-9(15)3-5-10)14(19)12-7-6-11(18)8-13(12)16/h2-8,18H,1H3. The van der Waals surface area contributed by atoms with E-state index in [1.54, 1.807) is 0 Å². The highest BCUT2D eigenvalue weighted by molar-refractivity contribution is 6.05. The number of anilines is 1. The number of hydrogen-bond acceptors (Lipinski definition) is 2. The molecule has 3 nitrogen and oxygen atoms in total. The molecule has 0 heterocycles. The van der Waals surface area contributed by atoms with Gasteiger partial charge in [-0.3, -0.25) is 4.79 Å². The van der Waals surface area contributed by atoms with E-state index in [4.69, 9.17) is 5.11 Å². The number of halogens is 2. The van der Waals surface area contributed by atoms with Gasteiger partial charge < -0.3 is 10.0 Å². The lowest BCUT2D eigenvalue weighted by molar-refractivity contribution is 0.0989. The molecule has 2 aromatic carbocycles. The number of benzene rings is 2. The Kier molecular flexibility index (Phi) is 3.46. The Morgan fingerprint density at radius 2 is 1.74 bits per heavy atom. The van der Waals surface area contributed by atoms with E-state index in [9.17, 15) is 13.6 Å². The van der Waals surface area contributed by atoms with Gasteiger partial charge in [0.25, 0.3) is 5.91 Å². The van der Waals surface area contributed by atoms with Gasteiger partial charge >= 0.3 is 0 Å². The number of carbonyl (C=O) groups is 1. The summed E-state index contributed by atoms with van der Waals surface area (Å²) in [5.74, 6) is -2.05. The third kappa shape index (κ3) is 2.70. The third-order valence-electron chi connectivity index (χ3n) is 2.70. The number of rotatable bonds is 2. The molecule has 98 valence electrons. The van der Waals surface area contributed by atoms with Gasteiger partial charge in [0.05, 0.1) is 5.56 Å². The maximum atomic E-state index is 13.6. The Morgan fingerprint density at radius 3 is 2.32 bits per heavy atom. The molecule has 2 aromatic rings. The van der Waals surface area contributed by atoms with Gasteiger partial charge in [0.2, 0.25) is 0 Å². The Bertz CT molecular complexity index is 611. The molecule has 0 saturated heterocycles. The van der Waals surface area contributed by atoms with Crippen molar-refractivity contribution in [3.8, 4) is 5.75 Å². The maximum Gasteiger partial charge on any atom is 0.260 e. The average molecular weight is 263 g/mol. The van der Waals surface area contributed by atoms with Crippen molar-refractivity contribution >= 4 is 11.6 Å². The maximum absolute atomic E-state index is 13.6. The lowest BCUT2D eigenvalue weighted by Gasteiger charge is -2.17. The summed E-state index contributed by atoms with van der Waals surface area (Å²) in [5, 5.41) is 9.10. The summed E-state index contributed by atoms with van der Waals surface area (Å²) in [7, 11) is 1.46. The Morgan fingerprint density at radius 1 is 1.11 bits per heavy atom. The van der Waals surface area contributed by atoms with E-state index >= 15 is 0 Å². The van der Waals surface area contributed by atoms with Crippen molar-refractivity contribution in [2.75, 3.05) is 11.9 Å². The van der Waals surface area contributed by atoms with Crippen molar-refractivity contribution in [3.05, 3.63) is 59.7 Å². The predicted molar refractivity (Wildman–Crippen MR) is 67.2 cm³/mol. The van der Waals surface area contributed by atoms with Gasteiger partial charge in [-0.2, -0.15) is 0 Å². The van der Waals surface area contributed by atoms with Crippen molar-refractivity contribution in [3.63, 3.8) is 0 Å². The molecule has 19 heavy (non-hydrogen) atoms. The summed E-state index contributed by atoms with van der Waals surface area (Å²) in [6.07, 6.45) is 0. The number of amides is 1. The summed E-state index contributed by atoms with van der Waals surface area (Å²) in [6, 6.07) is 8.57. The first-order valence-electron chi connectivity index (χ1n) is 5.51. The fraction of sp³-hybridized carbons (Fsp3) is 0.0714. The number of carbonyl (C=O) groups excluding carboxylic acids is 1. The van der Waals surface area contributed by atoms with Crippen LogP contribution < -0.4 is 4.90 Å². The van der Waals surface area contributed by atoms with Gasteiger partial charge in [-0.1, -0.05) is 0 Å². The normalized spacial score (nSPS) is 10.3. The smallest absolute Gasteiger partial charge is 0.260 e. The predicted octanol–water partition coefficient (Wildman–Crippen LogP) is 2.95. The average Bonchev–Trinajstić information content (AvgIpc) is 2.38. The highest BCUT2D eigenvalue weighted by atomic mass is 19.1. The van der Waals surface area contributed by atoms with Crippen LogP contribution in [0, 0.1) is 11.6 Å². The summed E-state index contributed by atoms with van der Waals surface area (Å²) >= 11 is 0. The van der Waals surface area contributed by atoms with Gasteiger partial charge in [-0.25, -0.2) is 8.78 Å². The quantitative estimate of drug-likeness (QED) is 0.905. The van der Waals surface area contributed by atoms with Crippen LogP contribution in [-0.2, 0) is 0 Å². The summed E-state index contributed by atoms with van der Waals surface area (Å²) < 4.78 is 26.4. The molecule has 0 atom stereocenters. The molecule has 5 heteroatoms. The molecular weight excluding hydrogens is 252 g/mol. The summed E-state index contributed by atoms with van der Waals surface area (Å²) in [5.41, 5.74) is 0.281. The number of phenolic OH excluding ortho intramolecular Hbond substituents is 1. The van der Waals surface area contributed by atoms with Crippen LogP contribution in [0.1, 0.15) is 10.4 Å². The van der Waals surface area contributed by atoms with Crippen molar-refractivity contribution in [1.82, 2.24) is 0 Å². The lowest BCUT2D eigenvalue weighted by Crippen LogP contribution is -2.27.